The van der Waals surface area contributed by atoms with Gasteiger partial charge in [-0.25, -0.2) is 0 Å². The lowest BCUT2D eigenvalue weighted by atomic mass is 9.75. The average molecular weight is 327 g/mol. The van der Waals surface area contributed by atoms with Crippen LogP contribution in [0.1, 0.15) is 42.5 Å². The van der Waals surface area contributed by atoms with Crippen molar-refractivity contribution in [3.63, 3.8) is 0 Å². The van der Waals surface area contributed by atoms with E-state index in [1.54, 1.807) is 12.1 Å². The highest BCUT2D eigenvalue weighted by Crippen LogP contribution is 2.37. The minimum atomic E-state index is 0.0165. The lowest BCUT2D eigenvalue weighted by Gasteiger charge is -2.41. The second kappa shape index (κ2) is 6.05. The second-order valence-electron chi connectivity index (χ2n) is 6.20. The van der Waals surface area contributed by atoms with E-state index in [1.807, 2.05) is 4.90 Å². The van der Waals surface area contributed by atoms with Crippen LogP contribution in [0, 0.1) is 11.8 Å². The molecule has 114 valence electrons. The minimum absolute atomic E-state index is 0.0165. The number of fused-ring (bicyclic) bond motifs is 1. The largest absolute Gasteiger partial charge is 0.396 e. The van der Waals surface area contributed by atoms with Crippen molar-refractivity contribution in [2.45, 2.75) is 32.1 Å². The summed E-state index contributed by atoms with van der Waals surface area (Å²) < 4.78 is 0. The summed E-state index contributed by atoms with van der Waals surface area (Å²) >= 11 is 12.1. The quantitative estimate of drug-likeness (QED) is 0.785. The van der Waals surface area contributed by atoms with Gasteiger partial charge in [-0.3, -0.25) is 4.79 Å². The van der Waals surface area contributed by atoms with Crippen LogP contribution in [0.2, 0.25) is 10.0 Å². The standard InChI is InChI=1S/C16H20Cl2N2O/c17-13-7-12(8-14(18)15(13)19)16(21)20-6-5-10-3-1-2-4-11(10)9-20/h7-8,10-11H,1-6,9,19H2. The fourth-order valence-electron chi connectivity index (χ4n) is 3.68. The van der Waals surface area contributed by atoms with Gasteiger partial charge < -0.3 is 10.6 Å². The Hall–Kier alpha value is -0.930. The summed E-state index contributed by atoms with van der Waals surface area (Å²) in [6.45, 7) is 1.70. The number of likely N-dealkylation sites (tertiary alicyclic amines) is 1. The van der Waals surface area contributed by atoms with E-state index in [0.717, 1.165) is 25.4 Å². The Kier molecular flexibility index (Phi) is 4.32. The van der Waals surface area contributed by atoms with E-state index in [9.17, 15) is 4.79 Å². The molecule has 21 heavy (non-hydrogen) atoms. The predicted octanol–water partition coefficient (Wildman–Crippen LogP) is 4.23. The lowest BCUT2D eigenvalue weighted by Crippen LogP contribution is -2.44. The number of amides is 1. The Bertz CT molecular complexity index is 538. The van der Waals surface area contributed by atoms with E-state index < -0.39 is 0 Å². The zero-order chi connectivity index (χ0) is 15.0. The van der Waals surface area contributed by atoms with Crippen LogP contribution < -0.4 is 5.73 Å². The van der Waals surface area contributed by atoms with Gasteiger partial charge in [-0.15, -0.1) is 0 Å². The van der Waals surface area contributed by atoms with E-state index in [-0.39, 0.29) is 5.91 Å². The molecule has 1 aliphatic heterocycles. The van der Waals surface area contributed by atoms with Gasteiger partial charge in [0.1, 0.15) is 0 Å². The number of halogens is 2. The van der Waals surface area contributed by atoms with Crippen LogP contribution in [-0.4, -0.2) is 23.9 Å². The van der Waals surface area contributed by atoms with Gasteiger partial charge in [-0.2, -0.15) is 0 Å². The fourth-order valence-corrected chi connectivity index (χ4v) is 4.16. The van der Waals surface area contributed by atoms with Gasteiger partial charge in [0.25, 0.3) is 5.91 Å². The van der Waals surface area contributed by atoms with Gasteiger partial charge in [-0.05, 0) is 36.8 Å². The summed E-state index contributed by atoms with van der Waals surface area (Å²) in [5.41, 5.74) is 6.60. The summed E-state index contributed by atoms with van der Waals surface area (Å²) in [5.74, 6) is 1.49. The highest BCUT2D eigenvalue weighted by Gasteiger charge is 2.33. The van der Waals surface area contributed by atoms with Crippen LogP contribution in [0.3, 0.4) is 0 Å². The number of anilines is 1. The zero-order valence-electron chi connectivity index (χ0n) is 11.9. The topological polar surface area (TPSA) is 46.3 Å². The molecular weight excluding hydrogens is 307 g/mol. The molecule has 3 rings (SSSR count). The maximum absolute atomic E-state index is 12.7. The lowest BCUT2D eigenvalue weighted by molar-refractivity contribution is 0.0521. The summed E-state index contributed by atoms with van der Waals surface area (Å²) in [4.78, 5) is 14.6. The van der Waals surface area contributed by atoms with E-state index in [1.165, 1.54) is 25.7 Å². The van der Waals surface area contributed by atoms with E-state index in [2.05, 4.69) is 0 Å². The molecular formula is C16H20Cl2N2O. The molecule has 1 aromatic rings. The van der Waals surface area contributed by atoms with Gasteiger partial charge >= 0.3 is 0 Å². The van der Waals surface area contributed by atoms with Crippen molar-refractivity contribution in [2.24, 2.45) is 11.8 Å². The molecule has 1 heterocycles. The van der Waals surface area contributed by atoms with E-state index >= 15 is 0 Å². The van der Waals surface area contributed by atoms with Crippen molar-refractivity contribution >= 4 is 34.8 Å². The highest BCUT2D eigenvalue weighted by molar-refractivity contribution is 6.39. The van der Waals surface area contributed by atoms with Crippen molar-refractivity contribution < 1.29 is 4.79 Å². The number of carbonyl (C=O) groups is 1. The third-order valence-corrected chi connectivity index (χ3v) is 5.53. The molecule has 0 spiro atoms. The molecule has 2 aliphatic rings. The van der Waals surface area contributed by atoms with Gasteiger partial charge in [-0.1, -0.05) is 42.5 Å². The monoisotopic (exact) mass is 326 g/mol. The van der Waals surface area contributed by atoms with Crippen molar-refractivity contribution in [3.8, 4) is 0 Å². The SMILES string of the molecule is Nc1c(Cl)cc(C(=O)N2CCC3CCCCC3C2)cc1Cl. The molecule has 1 aliphatic carbocycles. The third-order valence-electron chi connectivity index (χ3n) is 4.90. The maximum Gasteiger partial charge on any atom is 0.253 e. The van der Waals surface area contributed by atoms with Crippen LogP contribution >= 0.6 is 23.2 Å². The minimum Gasteiger partial charge on any atom is -0.396 e. The molecule has 1 saturated heterocycles. The summed E-state index contributed by atoms with van der Waals surface area (Å²) in [6, 6.07) is 3.25. The first kappa shape index (κ1) is 15.0. The molecule has 1 aromatic carbocycles. The second-order valence-corrected chi connectivity index (χ2v) is 7.01. The number of nitrogens with two attached hydrogens (primary N) is 1. The van der Waals surface area contributed by atoms with Gasteiger partial charge in [0.15, 0.2) is 0 Å². The predicted molar refractivity (Wildman–Crippen MR) is 86.8 cm³/mol. The van der Waals surface area contributed by atoms with E-state index in [0.29, 0.717) is 27.2 Å². The number of hydrogen-bond acceptors (Lipinski definition) is 2. The summed E-state index contributed by atoms with van der Waals surface area (Å²) in [6.07, 6.45) is 6.33. The molecule has 3 nitrogen and oxygen atoms in total. The number of carbonyl (C=O) groups excluding carboxylic acids is 1. The van der Waals surface area contributed by atoms with E-state index in [4.69, 9.17) is 28.9 Å². The third kappa shape index (κ3) is 3.00. The van der Waals surface area contributed by atoms with Gasteiger partial charge in [0.2, 0.25) is 0 Å². The fraction of sp³-hybridized carbons (Fsp3) is 0.562. The van der Waals surface area contributed by atoms with Crippen LogP contribution in [0.15, 0.2) is 12.1 Å². The number of hydrogen-bond donors (Lipinski definition) is 1. The molecule has 0 radical (unpaired) electrons. The Morgan fingerprint density at radius 1 is 1.10 bits per heavy atom. The summed E-state index contributed by atoms with van der Waals surface area (Å²) in [7, 11) is 0. The van der Waals surface area contributed by atoms with Crippen molar-refractivity contribution in [2.75, 3.05) is 18.8 Å². The molecule has 2 fully saturated rings. The Morgan fingerprint density at radius 3 is 2.38 bits per heavy atom. The molecule has 2 atom stereocenters. The van der Waals surface area contributed by atoms with Gasteiger partial charge in [0, 0.05) is 18.7 Å². The summed E-state index contributed by atoms with van der Waals surface area (Å²) in [5, 5.41) is 0.691. The Morgan fingerprint density at radius 2 is 1.71 bits per heavy atom. The van der Waals surface area contributed by atoms with Crippen LogP contribution in [-0.2, 0) is 0 Å². The van der Waals surface area contributed by atoms with Crippen molar-refractivity contribution in [1.82, 2.24) is 4.90 Å². The molecule has 2 N–H and O–H groups in total. The molecule has 0 aromatic heterocycles. The number of benzene rings is 1. The molecule has 1 saturated carbocycles. The molecule has 0 bridgehead atoms. The number of nitrogen functional groups attached to an aromatic ring is 1. The van der Waals surface area contributed by atoms with Crippen molar-refractivity contribution in [3.05, 3.63) is 27.7 Å². The van der Waals surface area contributed by atoms with Gasteiger partial charge in [0.05, 0.1) is 15.7 Å². The molecule has 2 unspecified atom stereocenters. The Balaban J connectivity index is 1.76. The number of nitrogens with zero attached hydrogens (tertiary/aromatic N) is 1. The first-order valence-electron chi connectivity index (χ1n) is 7.60. The highest BCUT2D eigenvalue weighted by atomic mass is 35.5. The first-order valence-corrected chi connectivity index (χ1v) is 8.35. The number of piperidine rings is 1. The first-order chi connectivity index (χ1) is 10.1. The normalized spacial score (nSPS) is 25.5. The zero-order valence-corrected chi connectivity index (χ0v) is 13.5. The molecule has 5 heteroatoms. The van der Waals surface area contributed by atoms with Crippen LogP contribution in [0.25, 0.3) is 0 Å². The molecule has 1 amide bonds. The smallest absolute Gasteiger partial charge is 0.253 e. The van der Waals surface area contributed by atoms with Crippen molar-refractivity contribution in [1.29, 1.82) is 0 Å². The average Bonchev–Trinajstić information content (AvgIpc) is 2.51. The maximum atomic E-state index is 12.7. The van der Waals surface area contributed by atoms with Crippen LogP contribution in [0.5, 0.6) is 0 Å². The Labute approximate surface area is 135 Å². The van der Waals surface area contributed by atoms with Crippen LogP contribution in [0.4, 0.5) is 5.69 Å². The number of rotatable bonds is 1.